The number of nitrogens with one attached hydrogen (secondary N) is 1. The first-order valence-electron chi connectivity index (χ1n) is 6.77. The van der Waals surface area contributed by atoms with Gasteiger partial charge in [0.15, 0.2) is 0 Å². The Labute approximate surface area is 108 Å². The fourth-order valence-electron chi connectivity index (χ4n) is 2.69. The van der Waals surface area contributed by atoms with Crippen LogP contribution in [0, 0.1) is 0 Å². The van der Waals surface area contributed by atoms with Crippen molar-refractivity contribution >= 4 is 11.7 Å². The Morgan fingerprint density at radius 2 is 2.06 bits per heavy atom. The van der Waals surface area contributed by atoms with E-state index < -0.39 is 11.5 Å². The molecule has 0 heterocycles. The van der Waals surface area contributed by atoms with Crippen molar-refractivity contribution < 1.29 is 9.90 Å². The number of hydrogen-bond acceptors (Lipinski definition) is 2. The van der Waals surface area contributed by atoms with Gasteiger partial charge in [-0.2, -0.15) is 0 Å². The van der Waals surface area contributed by atoms with Crippen molar-refractivity contribution in [2.24, 2.45) is 0 Å². The summed E-state index contributed by atoms with van der Waals surface area (Å²) >= 11 is 0. The van der Waals surface area contributed by atoms with Crippen LogP contribution >= 0.6 is 0 Å². The Balaban J connectivity index is 2.20. The number of aliphatic carboxylic acids is 1. The molecule has 1 aliphatic rings. The molecule has 0 aromatic heterocycles. The zero-order chi connectivity index (χ0) is 13.0. The topological polar surface area (TPSA) is 49.3 Å². The van der Waals surface area contributed by atoms with Crippen molar-refractivity contribution in [3.63, 3.8) is 0 Å². The van der Waals surface area contributed by atoms with Crippen molar-refractivity contribution in [2.75, 3.05) is 5.32 Å². The van der Waals surface area contributed by atoms with E-state index in [1.54, 1.807) is 0 Å². The lowest BCUT2D eigenvalue weighted by Gasteiger charge is -2.35. The summed E-state index contributed by atoms with van der Waals surface area (Å²) in [5, 5.41) is 12.8. The third-order valence-electron chi connectivity index (χ3n) is 3.84. The molecule has 1 aromatic carbocycles. The Kier molecular flexibility index (Phi) is 3.90. The molecule has 1 aliphatic carbocycles. The van der Waals surface area contributed by atoms with E-state index in [1.807, 2.05) is 12.1 Å². The predicted octanol–water partition coefficient (Wildman–Crippen LogP) is 3.45. The Morgan fingerprint density at radius 1 is 1.33 bits per heavy atom. The Bertz CT molecular complexity index is 422. The molecule has 3 heteroatoms. The standard InChI is InChI=1S/C15H21NO2/c1-2-12-7-6-8-13(11-12)16-15(14(17)18)9-4-3-5-10-15/h6-8,11,16H,2-5,9-10H2,1H3,(H,17,18). The van der Waals surface area contributed by atoms with Crippen LogP contribution in [-0.2, 0) is 11.2 Å². The van der Waals surface area contributed by atoms with E-state index >= 15 is 0 Å². The number of carboxylic acids is 1. The van der Waals surface area contributed by atoms with Gasteiger partial charge in [0.1, 0.15) is 5.54 Å². The highest BCUT2D eigenvalue weighted by atomic mass is 16.4. The highest BCUT2D eigenvalue weighted by molar-refractivity contribution is 5.83. The molecular formula is C15H21NO2. The second-order valence-corrected chi connectivity index (χ2v) is 5.13. The van der Waals surface area contributed by atoms with Crippen LogP contribution in [0.5, 0.6) is 0 Å². The SMILES string of the molecule is CCc1cccc(NC2(C(=O)O)CCCCC2)c1. The van der Waals surface area contributed by atoms with Crippen LogP contribution in [0.2, 0.25) is 0 Å². The van der Waals surface area contributed by atoms with E-state index in [-0.39, 0.29) is 0 Å². The van der Waals surface area contributed by atoms with E-state index in [9.17, 15) is 9.90 Å². The molecule has 0 radical (unpaired) electrons. The fourth-order valence-corrected chi connectivity index (χ4v) is 2.69. The van der Waals surface area contributed by atoms with Crippen LogP contribution in [-0.4, -0.2) is 16.6 Å². The number of hydrogen-bond donors (Lipinski definition) is 2. The molecule has 0 amide bonds. The van der Waals surface area contributed by atoms with Crippen LogP contribution in [0.4, 0.5) is 5.69 Å². The van der Waals surface area contributed by atoms with Crippen molar-refractivity contribution in [3.8, 4) is 0 Å². The summed E-state index contributed by atoms with van der Waals surface area (Å²) in [7, 11) is 0. The van der Waals surface area contributed by atoms with Gasteiger partial charge in [-0.05, 0) is 37.0 Å². The minimum Gasteiger partial charge on any atom is -0.480 e. The van der Waals surface area contributed by atoms with Crippen LogP contribution in [0.25, 0.3) is 0 Å². The molecule has 98 valence electrons. The minimum absolute atomic E-state index is 0.718. The first-order valence-corrected chi connectivity index (χ1v) is 6.77. The maximum atomic E-state index is 11.6. The van der Waals surface area contributed by atoms with Gasteiger partial charge in [-0.1, -0.05) is 38.3 Å². The highest BCUT2D eigenvalue weighted by Gasteiger charge is 2.39. The van der Waals surface area contributed by atoms with Gasteiger partial charge in [0.05, 0.1) is 0 Å². The lowest BCUT2D eigenvalue weighted by atomic mass is 9.81. The Morgan fingerprint density at radius 3 is 2.67 bits per heavy atom. The lowest BCUT2D eigenvalue weighted by molar-refractivity contribution is -0.143. The number of aryl methyl sites for hydroxylation is 1. The van der Waals surface area contributed by atoms with Gasteiger partial charge in [-0.3, -0.25) is 0 Å². The molecule has 1 saturated carbocycles. The summed E-state index contributed by atoms with van der Waals surface area (Å²) in [6.07, 6.45) is 5.54. The van der Waals surface area contributed by atoms with Crippen LogP contribution < -0.4 is 5.32 Å². The summed E-state index contributed by atoms with van der Waals surface area (Å²) in [5.41, 5.74) is 1.40. The molecule has 3 nitrogen and oxygen atoms in total. The molecule has 0 atom stereocenters. The third kappa shape index (κ3) is 2.66. The number of carbonyl (C=O) groups is 1. The van der Waals surface area contributed by atoms with Gasteiger partial charge in [-0.15, -0.1) is 0 Å². The maximum absolute atomic E-state index is 11.6. The highest BCUT2D eigenvalue weighted by Crippen LogP contribution is 2.32. The summed E-state index contributed by atoms with van der Waals surface area (Å²) < 4.78 is 0. The zero-order valence-corrected chi connectivity index (χ0v) is 10.9. The normalized spacial score (nSPS) is 18.3. The molecule has 0 spiro atoms. The molecule has 0 unspecified atom stereocenters. The fraction of sp³-hybridized carbons (Fsp3) is 0.533. The number of carboxylic acid groups (broad SMARTS) is 1. The van der Waals surface area contributed by atoms with Gasteiger partial charge in [-0.25, -0.2) is 4.79 Å². The number of anilines is 1. The van der Waals surface area contributed by atoms with Gasteiger partial charge in [0, 0.05) is 5.69 Å². The first-order chi connectivity index (χ1) is 8.66. The average molecular weight is 247 g/mol. The lowest BCUT2D eigenvalue weighted by Crippen LogP contribution is -2.47. The van der Waals surface area contributed by atoms with Crippen molar-refractivity contribution in [2.45, 2.75) is 51.0 Å². The number of rotatable bonds is 4. The monoisotopic (exact) mass is 247 g/mol. The smallest absolute Gasteiger partial charge is 0.329 e. The van der Waals surface area contributed by atoms with Crippen LogP contribution in [0.1, 0.15) is 44.6 Å². The molecule has 0 bridgehead atoms. The van der Waals surface area contributed by atoms with Crippen LogP contribution in [0.15, 0.2) is 24.3 Å². The molecular weight excluding hydrogens is 226 g/mol. The summed E-state index contributed by atoms with van der Waals surface area (Å²) in [6, 6.07) is 8.07. The van der Waals surface area contributed by atoms with Gasteiger partial charge < -0.3 is 10.4 Å². The van der Waals surface area contributed by atoms with E-state index in [0.717, 1.165) is 44.2 Å². The average Bonchev–Trinajstić information content (AvgIpc) is 2.40. The molecule has 0 aliphatic heterocycles. The summed E-state index contributed by atoms with van der Waals surface area (Å²) in [4.78, 5) is 11.6. The Hall–Kier alpha value is -1.51. The van der Waals surface area contributed by atoms with E-state index in [2.05, 4.69) is 24.4 Å². The van der Waals surface area contributed by atoms with Crippen molar-refractivity contribution in [1.29, 1.82) is 0 Å². The van der Waals surface area contributed by atoms with Crippen molar-refractivity contribution in [3.05, 3.63) is 29.8 Å². The summed E-state index contributed by atoms with van der Waals surface area (Å²) in [5.74, 6) is -0.718. The minimum atomic E-state index is -0.759. The molecule has 1 fully saturated rings. The summed E-state index contributed by atoms with van der Waals surface area (Å²) in [6.45, 7) is 2.10. The maximum Gasteiger partial charge on any atom is 0.329 e. The van der Waals surface area contributed by atoms with Gasteiger partial charge in [0.25, 0.3) is 0 Å². The third-order valence-corrected chi connectivity index (χ3v) is 3.84. The molecule has 18 heavy (non-hydrogen) atoms. The van der Waals surface area contributed by atoms with E-state index in [1.165, 1.54) is 5.56 Å². The first kappa shape index (κ1) is 12.9. The van der Waals surface area contributed by atoms with Crippen molar-refractivity contribution in [1.82, 2.24) is 0 Å². The predicted molar refractivity (Wildman–Crippen MR) is 72.9 cm³/mol. The second-order valence-electron chi connectivity index (χ2n) is 5.13. The second kappa shape index (κ2) is 5.42. The van der Waals surface area contributed by atoms with Crippen LogP contribution in [0.3, 0.4) is 0 Å². The molecule has 2 N–H and O–H groups in total. The van der Waals surface area contributed by atoms with E-state index in [4.69, 9.17) is 0 Å². The largest absolute Gasteiger partial charge is 0.480 e. The molecule has 2 rings (SSSR count). The quantitative estimate of drug-likeness (QED) is 0.856. The molecule has 0 saturated heterocycles. The van der Waals surface area contributed by atoms with E-state index in [0.29, 0.717) is 0 Å². The van der Waals surface area contributed by atoms with Gasteiger partial charge >= 0.3 is 5.97 Å². The number of benzene rings is 1. The zero-order valence-electron chi connectivity index (χ0n) is 10.9. The molecule has 1 aromatic rings. The van der Waals surface area contributed by atoms with Gasteiger partial charge in [0.2, 0.25) is 0 Å².